The van der Waals surface area contributed by atoms with E-state index in [9.17, 15) is 14.4 Å². The Labute approximate surface area is 154 Å². The van der Waals surface area contributed by atoms with Crippen LogP contribution in [0.5, 0.6) is 0 Å². The van der Waals surface area contributed by atoms with Crippen LogP contribution in [0.1, 0.15) is 33.6 Å². The zero-order valence-corrected chi connectivity index (χ0v) is 15.6. The summed E-state index contributed by atoms with van der Waals surface area (Å²) in [4.78, 5) is 34.9. The van der Waals surface area contributed by atoms with Crippen molar-refractivity contribution in [3.05, 3.63) is 24.3 Å². The van der Waals surface area contributed by atoms with E-state index in [2.05, 4.69) is 21.3 Å². The van der Waals surface area contributed by atoms with Gasteiger partial charge in [-0.25, -0.2) is 9.59 Å². The largest absolute Gasteiger partial charge is 0.449 e. The van der Waals surface area contributed by atoms with Gasteiger partial charge in [-0.15, -0.1) is 0 Å². The molecule has 0 unspecified atom stereocenters. The fourth-order valence-electron chi connectivity index (χ4n) is 1.88. The molecule has 0 bridgehead atoms. The molecule has 8 heteroatoms. The lowest BCUT2D eigenvalue weighted by molar-refractivity contribution is -0.118. The number of rotatable bonds is 9. The summed E-state index contributed by atoms with van der Waals surface area (Å²) in [5.74, 6) is -0.194. The maximum atomic E-state index is 11.7. The molecule has 0 saturated heterocycles. The number of hydrogen-bond donors (Lipinski definition) is 4. The van der Waals surface area contributed by atoms with E-state index in [1.54, 1.807) is 24.3 Å². The maximum absolute atomic E-state index is 11.7. The lowest BCUT2D eigenvalue weighted by atomic mass is 10.2. The maximum Gasteiger partial charge on any atom is 0.411 e. The molecular weight excluding hydrogens is 336 g/mol. The third-order valence-corrected chi connectivity index (χ3v) is 3.18. The van der Waals surface area contributed by atoms with Gasteiger partial charge in [-0.1, -0.05) is 33.3 Å². The van der Waals surface area contributed by atoms with Crippen molar-refractivity contribution in [2.75, 3.05) is 30.3 Å². The third kappa shape index (κ3) is 9.51. The van der Waals surface area contributed by atoms with Gasteiger partial charge in [0.2, 0.25) is 5.91 Å². The molecule has 0 saturated carbocycles. The highest BCUT2D eigenvalue weighted by Crippen LogP contribution is 2.15. The van der Waals surface area contributed by atoms with Crippen molar-refractivity contribution in [1.29, 1.82) is 0 Å². The highest BCUT2D eigenvalue weighted by molar-refractivity contribution is 5.96. The number of nitrogens with one attached hydrogen (secondary N) is 4. The van der Waals surface area contributed by atoms with Crippen LogP contribution in [0, 0.1) is 5.92 Å². The molecule has 144 valence electrons. The molecule has 0 aliphatic heterocycles. The summed E-state index contributed by atoms with van der Waals surface area (Å²) in [6, 6.07) is 6.36. The lowest BCUT2D eigenvalue weighted by Gasteiger charge is -2.11. The molecule has 0 atom stereocenters. The van der Waals surface area contributed by atoms with Crippen molar-refractivity contribution in [3.8, 4) is 0 Å². The molecule has 0 aromatic heterocycles. The summed E-state index contributed by atoms with van der Waals surface area (Å²) in [6.07, 6.45) is 1.29. The van der Waals surface area contributed by atoms with Crippen LogP contribution >= 0.6 is 0 Å². The summed E-state index contributed by atoms with van der Waals surface area (Å²) >= 11 is 0. The number of unbranched alkanes of at least 4 members (excludes halogenated alkanes) is 1. The van der Waals surface area contributed by atoms with Crippen molar-refractivity contribution >= 4 is 29.4 Å². The van der Waals surface area contributed by atoms with Gasteiger partial charge < -0.3 is 15.4 Å². The van der Waals surface area contributed by atoms with Crippen molar-refractivity contribution < 1.29 is 19.1 Å². The number of amides is 4. The average molecular weight is 364 g/mol. The summed E-state index contributed by atoms with van der Waals surface area (Å²) < 4.78 is 5.05. The van der Waals surface area contributed by atoms with E-state index in [0.717, 1.165) is 12.8 Å². The molecule has 0 spiro atoms. The number of urea groups is 1. The molecule has 0 fully saturated rings. The first kappa shape index (κ1) is 21.3. The molecule has 0 aliphatic rings. The Hall–Kier alpha value is -2.77. The molecule has 0 aliphatic carbocycles. The van der Waals surface area contributed by atoms with Crippen LogP contribution in [0.15, 0.2) is 24.3 Å². The summed E-state index contributed by atoms with van der Waals surface area (Å²) in [5.41, 5.74) is 1.18. The smallest absolute Gasteiger partial charge is 0.411 e. The molecule has 1 aromatic carbocycles. The van der Waals surface area contributed by atoms with E-state index < -0.39 is 18.0 Å². The second kappa shape index (κ2) is 11.7. The van der Waals surface area contributed by atoms with E-state index in [0.29, 0.717) is 24.5 Å². The van der Waals surface area contributed by atoms with Gasteiger partial charge in [-0.2, -0.15) is 0 Å². The molecule has 26 heavy (non-hydrogen) atoms. The van der Waals surface area contributed by atoms with E-state index >= 15 is 0 Å². The first-order valence-corrected chi connectivity index (χ1v) is 8.76. The second-order valence-corrected chi connectivity index (χ2v) is 6.21. The Balaban J connectivity index is 2.40. The molecule has 0 heterocycles. The molecule has 1 aromatic rings. The minimum absolute atomic E-state index is 0.0670. The second-order valence-electron chi connectivity index (χ2n) is 6.21. The highest BCUT2D eigenvalue weighted by Gasteiger charge is 2.08. The standard InChI is InChI=1S/C18H28N4O4/c1-4-5-9-19-17(24)22-16(23)11-20-14-7-6-8-15(10-14)21-18(25)26-12-13(2)3/h6-8,10,13,20H,4-5,9,11-12H2,1-3H3,(H,21,25)(H2,19,22,23,24). The Bertz CT molecular complexity index is 605. The number of anilines is 2. The number of carbonyl (C=O) groups is 3. The minimum Gasteiger partial charge on any atom is -0.449 e. The van der Waals surface area contributed by atoms with Crippen LogP contribution in [0.4, 0.5) is 21.0 Å². The van der Waals surface area contributed by atoms with Gasteiger partial charge in [-0.3, -0.25) is 15.4 Å². The van der Waals surface area contributed by atoms with Crippen LogP contribution in [0.3, 0.4) is 0 Å². The Morgan fingerprint density at radius 1 is 1.15 bits per heavy atom. The van der Waals surface area contributed by atoms with Gasteiger partial charge in [0.1, 0.15) is 0 Å². The van der Waals surface area contributed by atoms with Gasteiger partial charge in [-0.05, 0) is 30.5 Å². The number of benzene rings is 1. The molecule has 4 amide bonds. The van der Waals surface area contributed by atoms with Crippen molar-refractivity contribution in [2.45, 2.75) is 33.6 Å². The fourth-order valence-corrected chi connectivity index (χ4v) is 1.88. The number of carbonyl (C=O) groups excluding carboxylic acids is 3. The van der Waals surface area contributed by atoms with Crippen LogP contribution < -0.4 is 21.3 Å². The van der Waals surface area contributed by atoms with Gasteiger partial charge >= 0.3 is 12.1 Å². The Kier molecular flexibility index (Phi) is 9.59. The summed E-state index contributed by atoms with van der Waals surface area (Å²) in [6.45, 7) is 6.72. The van der Waals surface area contributed by atoms with Gasteiger partial charge in [0, 0.05) is 17.9 Å². The van der Waals surface area contributed by atoms with Crippen LogP contribution in [-0.4, -0.2) is 37.7 Å². The van der Waals surface area contributed by atoms with Crippen molar-refractivity contribution in [2.24, 2.45) is 5.92 Å². The van der Waals surface area contributed by atoms with Crippen LogP contribution in [-0.2, 0) is 9.53 Å². The zero-order valence-electron chi connectivity index (χ0n) is 15.6. The van der Waals surface area contributed by atoms with E-state index in [1.807, 2.05) is 20.8 Å². The first-order chi connectivity index (χ1) is 12.4. The van der Waals surface area contributed by atoms with E-state index in [4.69, 9.17) is 4.74 Å². The molecule has 0 radical (unpaired) electrons. The molecule has 1 rings (SSSR count). The van der Waals surface area contributed by atoms with Gasteiger partial charge in [0.05, 0.1) is 13.2 Å². The Morgan fingerprint density at radius 2 is 1.88 bits per heavy atom. The highest BCUT2D eigenvalue weighted by atomic mass is 16.5. The van der Waals surface area contributed by atoms with Crippen molar-refractivity contribution in [3.63, 3.8) is 0 Å². The number of hydrogen-bond acceptors (Lipinski definition) is 5. The monoisotopic (exact) mass is 364 g/mol. The summed E-state index contributed by atoms with van der Waals surface area (Å²) in [5, 5.41) is 10.4. The predicted octanol–water partition coefficient (Wildman–Crippen LogP) is 2.93. The third-order valence-electron chi connectivity index (χ3n) is 3.18. The quantitative estimate of drug-likeness (QED) is 0.504. The average Bonchev–Trinajstić information content (AvgIpc) is 2.59. The normalized spacial score (nSPS) is 10.2. The molecule has 8 nitrogen and oxygen atoms in total. The molecular formula is C18H28N4O4. The topological polar surface area (TPSA) is 109 Å². The predicted molar refractivity (Wildman–Crippen MR) is 101 cm³/mol. The Morgan fingerprint density at radius 3 is 2.58 bits per heavy atom. The van der Waals surface area contributed by atoms with Crippen molar-refractivity contribution in [1.82, 2.24) is 10.6 Å². The number of ether oxygens (including phenoxy) is 1. The number of imide groups is 1. The van der Waals surface area contributed by atoms with Crippen LogP contribution in [0.2, 0.25) is 0 Å². The van der Waals surface area contributed by atoms with Gasteiger partial charge in [0.25, 0.3) is 0 Å². The van der Waals surface area contributed by atoms with E-state index in [-0.39, 0.29) is 12.5 Å². The summed E-state index contributed by atoms with van der Waals surface area (Å²) in [7, 11) is 0. The zero-order chi connectivity index (χ0) is 19.4. The first-order valence-electron chi connectivity index (χ1n) is 8.76. The SMILES string of the molecule is CCCCNC(=O)NC(=O)CNc1cccc(NC(=O)OCC(C)C)c1. The minimum atomic E-state index is -0.530. The fraction of sp³-hybridized carbons (Fsp3) is 0.500. The molecule has 4 N–H and O–H groups in total. The lowest BCUT2D eigenvalue weighted by Crippen LogP contribution is -2.42. The van der Waals surface area contributed by atoms with Crippen LogP contribution in [0.25, 0.3) is 0 Å². The van der Waals surface area contributed by atoms with E-state index in [1.165, 1.54) is 0 Å². The van der Waals surface area contributed by atoms with Gasteiger partial charge in [0.15, 0.2) is 0 Å².